The van der Waals surface area contributed by atoms with Crippen LogP contribution in [0.4, 0.5) is 0 Å². The molecule has 1 aromatic heterocycles. The number of hydrogen-bond acceptors (Lipinski definition) is 8. The minimum absolute atomic E-state index is 0.00992. The fourth-order valence-electron chi connectivity index (χ4n) is 4.13. The largest absolute Gasteiger partial charge is 0.507 e. The molecule has 0 saturated carbocycles. The highest BCUT2D eigenvalue weighted by molar-refractivity contribution is 7.10. The van der Waals surface area contributed by atoms with E-state index in [4.69, 9.17) is 9.47 Å². The number of carbonyl (C=O) groups is 2. The summed E-state index contributed by atoms with van der Waals surface area (Å²) in [5, 5.41) is 23.3. The average Bonchev–Trinajstić information content (AvgIpc) is 3.42. The Balaban J connectivity index is 1.64. The summed E-state index contributed by atoms with van der Waals surface area (Å²) in [6.07, 6.45) is 0.697. The predicted octanol–water partition coefficient (Wildman–Crippen LogP) is 2.61. The molecule has 2 N–H and O–H groups in total. The second-order valence-electron chi connectivity index (χ2n) is 7.70. The summed E-state index contributed by atoms with van der Waals surface area (Å²) in [4.78, 5) is 30.5. The summed E-state index contributed by atoms with van der Waals surface area (Å²) in [5.41, 5.74) is 0.0722. The molecule has 4 rings (SSSR count). The summed E-state index contributed by atoms with van der Waals surface area (Å²) < 4.78 is 10.5. The highest BCUT2D eigenvalue weighted by Crippen LogP contribution is 2.42. The highest BCUT2D eigenvalue weighted by atomic mass is 32.1. The topological polar surface area (TPSA) is 99.5 Å². The van der Waals surface area contributed by atoms with Gasteiger partial charge in [-0.05, 0) is 30.0 Å². The zero-order valence-electron chi connectivity index (χ0n) is 17.8. The van der Waals surface area contributed by atoms with E-state index in [0.717, 1.165) is 24.5 Å². The van der Waals surface area contributed by atoms with Gasteiger partial charge in [-0.15, -0.1) is 11.3 Å². The molecule has 2 aromatic rings. The van der Waals surface area contributed by atoms with Crippen molar-refractivity contribution < 1.29 is 29.3 Å². The number of thiophene rings is 1. The van der Waals surface area contributed by atoms with Gasteiger partial charge in [-0.1, -0.05) is 6.07 Å². The Morgan fingerprint density at radius 1 is 1.22 bits per heavy atom. The summed E-state index contributed by atoms with van der Waals surface area (Å²) in [5.74, 6) is -1.59. The third-order valence-electron chi connectivity index (χ3n) is 5.79. The van der Waals surface area contributed by atoms with Crippen LogP contribution < -0.4 is 4.74 Å². The van der Waals surface area contributed by atoms with Gasteiger partial charge in [0.15, 0.2) is 0 Å². The second kappa shape index (κ2) is 9.72. The van der Waals surface area contributed by atoms with Crippen LogP contribution in [0, 0.1) is 0 Å². The van der Waals surface area contributed by atoms with E-state index in [-0.39, 0.29) is 16.9 Å². The number of carbonyl (C=O) groups excluding carboxylic acids is 2. The molecule has 2 fully saturated rings. The zero-order chi connectivity index (χ0) is 22.7. The minimum atomic E-state index is -0.748. The molecule has 32 heavy (non-hydrogen) atoms. The average molecular weight is 459 g/mol. The number of phenols is 1. The van der Waals surface area contributed by atoms with Crippen LogP contribution in [0.2, 0.25) is 0 Å². The lowest BCUT2D eigenvalue weighted by molar-refractivity contribution is -0.140. The van der Waals surface area contributed by atoms with Gasteiger partial charge in [-0.2, -0.15) is 0 Å². The van der Waals surface area contributed by atoms with Crippen molar-refractivity contribution in [3.05, 3.63) is 51.7 Å². The number of ether oxygens (including phenoxy) is 2. The maximum Gasteiger partial charge on any atom is 0.295 e. The predicted molar refractivity (Wildman–Crippen MR) is 120 cm³/mol. The van der Waals surface area contributed by atoms with Crippen molar-refractivity contribution in [3.63, 3.8) is 0 Å². The Morgan fingerprint density at radius 3 is 2.66 bits per heavy atom. The molecule has 0 spiro atoms. The molecule has 170 valence electrons. The molecule has 2 aliphatic heterocycles. The number of hydrogen-bond donors (Lipinski definition) is 2. The monoisotopic (exact) mass is 458 g/mol. The Bertz CT molecular complexity index is 1010. The van der Waals surface area contributed by atoms with Crippen molar-refractivity contribution in [2.24, 2.45) is 0 Å². The molecule has 1 amide bonds. The number of methoxy groups -OCH3 is 1. The molecule has 2 aliphatic rings. The van der Waals surface area contributed by atoms with Crippen molar-refractivity contribution in [2.75, 3.05) is 46.5 Å². The molecular formula is C23H26N2O6S. The van der Waals surface area contributed by atoms with Gasteiger partial charge in [0.25, 0.3) is 11.7 Å². The van der Waals surface area contributed by atoms with Crippen LogP contribution >= 0.6 is 11.3 Å². The van der Waals surface area contributed by atoms with E-state index >= 15 is 0 Å². The SMILES string of the molecule is COc1ccc(/C(O)=C2\C(=O)C(=O)N(CCCN3CCOCC3)C2c2cccs2)c(O)c1. The van der Waals surface area contributed by atoms with Gasteiger partial charge in [0.05, 0.1) is 37.5 Å². The van der Waals surface area contributed by atoms with Crippen LogP contribution in [-0.2, 0) is 14.3 Å². The first-order valence-corrected chi connectivity index (χ1v) is 11.4. The highest BCUT2D eigenvalue weighted by Gasteiger charge is 2.46. The molecule has 0 aliphatic carbocycles. The molecule has 9 heteroatoms. The van der Waals surface area contributed by atoms with Crippen molar-refractivity contribution in [1.82, 2.24) is 9.80 Å². The molecule has 8 nitrogen and oxygen atoms in total. The van der Waals surface area contributed by atoms with Crippen molar-refractivity contribution in [3.8, 4) is 11.5 Å². The van der Waals surface area contributed by atoms with Crippen LogP contribution in [-0.4, -0.2) is 78.2 Å². The summed E-state index contributed by atoms with van der Waals surface area (Å²) in [7, 11) is 1.47. The lowest BCUT2D eigenvalue weighted by Gasteiger charge is -2.28. The van der Waals surface area contributed by atoms with E-state index in [2.05, 4.69) is 4.90 Å². The number of phenolic OH excluding ortho intramolecular Hbond substituents is 1. The van der Waals surface area contributed by atoms with Crippen molar-refractivity contribution >= 4 is 28.8 Å². The number of likely N-dealkylation sites (tertiary alicyclic amines) is 1. The van der Waals surface area contributed by atoms with Gasteiger partial charge in [-0.3, -0.25) is 14.5 Å². The van der Waals surface area contributed by atoms with E-state index < -0.39 is 23.5 Å². The Labute approximate surface area is 190 Å². The number of Topliss-reactive ketones (excluding diaryl/α,β-unsaturated/α-hetero) is 1. The van der Waals surface area contributed by atoms with E-state index in [9.17, 15) is 19.8 Å². The molecular weight excluding hydrogens is 432 g/mol. The number of benzene rings is 1. The number of aliphatic hydroxyl groups excluding tert-OH is 1. The second-order valence-corrected chi connectivity index (χ2v) is 8.68. The number of aliphatic hydroxyl groups is 1. The summed E-state index contributed by atoms with van der Waals surface area (Å²) in [6, 6.07) is 7.40. The lowest BCUT2D eigenvalue weighted by Crippen LogP contribution is -2.38. The number of amides is 1. The molecule has 0 radical (unpaired) electrons. The Hall–Kier alpha value is -2.88. The Kier molecular flexibility index (Phi) is 6.78. The first-order valence-electron chi connectivity index (χ1n) is 10.5. The van der Waals surface area contributed by atoms with Crippen molar-refractivity contribution in [1.29, 1.82) is 0 Å². The third-order valence-corrected chi connectivity index (χ3v) is 6.71. The van der Waals surface area contributed by atoms with Crippen LogP contribution in [0.15, 0.2) is 41.3 Å². The number of ketones is 1. The smallest absolute Gasteiger partial charge is 0.295 e. The van der Waals surface area contributed by atoms with Gasteiger partial charge in [0.1, 0.15) is 17.3 Å². The van der Waals surface area contributed by atoms with Gasteiger partial charge >= 0.3 is 0 Å². The van der Waals surface area contributed by atoms with Crippen LogP contribution in [0.25, 0.3) is 5.76 Å². The summed E-state index contributed by atoms with van der Waals surface area (Å²) >= 11 is 1.42. The quantitative estimate of drug-likeness (QED) is 0.374. The fourth-order valence-corrected chi connectivity index (χ4v) is 4.97. The number of nitrogens with zero attached hydrogens (tertiary/aromatic N) is 2. The minimum Gasteiger partial charge on any atom is -0.507 e. The number of aromatic hydroxyl groups is 1. The van der Waals surface area contributed by atoms with Crippen LogP contribution in [0.3, 0.4) is 0 Å². The summed E-state index contributed by atoms with van der Waals surface area (Å²) in [6.45, 7) is 4.28. The molecule has 1 atom stereocenters. The van der Waals surface area contributed by atoms with E-state index in [1.165, 1.54) is 35.5 Å². The number of rotatable bonds is 7. The van der Waals surface area contributed by atoms with Gasteiger partial charge in [-0.25, -0.2) is 0 Å². The molecule has 1 unspecified atom stereocenters. The van der Waals surface area contributed by atoms with Crippen LogP contribution in [0.1, 0.15) is 22.9 Å². The standard InChI is InChI=1S/C23H26N2O6S/c1-30-15-5-6-16(17(26)14-15)21(27)19-20(18-4-2-13-32-18)25(23(29)22(19)28)8-3-7-24-9-11-31-12-10-24/h2,4-6,13-14,20,26-27H,3,7-12H2,1H3/b21-19+. The van der Waals surface area contributed by atoms with E-state index in [1.807, 2.05) is 17.5 Å². The van der Waals surface area contributed by atoms with Gasteiger partial charge in [0.2, 0.25) is 0 Å². The molecule has 3 heterocycles. The molecule has 2 saturated heterocycles. The molecule has 0 bridgehead atoms. The number of morpholine rings is 1. The fraction of sp³-hybridized carbons (Fsp3) is 0.391. The molecule has 1 aromatic carbocycles. The third kappa shape index (κ3) is 4.36. The first kappa shape index (κ1) is 22.3. The normalized spacial score (nSPS) is 21.3. The van der Waals surface area contributed by atoms with Gasteiger partial charge < -0.3 is 24.6 Å². The maximum atomic E-state index is 13.0. The Morgan fingerprint density at radius 2 is 2.00 bits per heavy atom. The van der Waals surface area contributed by atoms with E-state index in [0.29, 0.717) is 31.9 Å². The van der Waals surface area contributed by atoms with E-state index in [1.54, 1.807) is 6.07 Å². The zero-order valence-corrected chi connectivity index (χ0v) is 18.6. The van der Waals surface area contributed by atoms with Crippen molar-refractivity contribution in [2.45, 2.75) is 12.5 Å². The first-order chi connectivity index (χ1) is 15.5. The maximum absolute atomic E-state index is 13.0. The van der Waals surface area contributed by atoms with Gasteiger partial charge in [0, 0.05) is 37.1 Å². The lowest BCUT2D eigenvalue weighted by atomic mass is 9.99. The van der Waals surface area contributed by atoms with Crippen LogP contribution in [0.5, 0.6) is 11.5 Å².